The summed E-state index contributed by atoms with van der Waals surface area (Å²) in [7, 11) is 0. The van der Waals surface area contributed by atoms with Crippen molar-refractivity contribution in [1.29, 1.82) is 0 Å². The van der Waals surface area contributed by atoms with Crippen molar-refractivity contribution < 1.29 is 42.0 Å². The maximum atomic E-state index is 15.6. The third-order valence-corrected chi connectivity index (χ3v) is 8.26. The van der Waals surface area contributed by atoms with Gasteiger partial charge in [0.15, 0.2) is 17.3 Å². The van der Waals surface area contributed by atoms with E-state index in [1.165, 1.54) is 18.2 Å². The van der Waals surface area contributed by atoms with Gasteiger partial charge in [-0.2, -0.15) is 0 Å². The van der Waals surface area contributed by atoms with E-state index in [0.717, 1.165) is 11.1 Å². The molecule has 1 amide bonds. The molecule has 1 atom stereocenters. The maximum Gasteiger partial charge on any atom is 0.586 e. The van der Waals surface area contributed by atoms with Crippen LogP contribution in [0.4, 0.5) is 18.9 Å². The molecule has 0 spiro atoms. The molecule has 2 N–H and O–H groups in total. The third-order valence-electron chi connectivity index (χ3n) is 8.26. The highest BCUT2D eigenvalue weighted by Crippen LogP contribution is 2.52. The second-order valence-corrected chi connectivity index (χ2v) is 12.2. The van der Waals surface area contributed by atoms with Crippen LogP contribution in [0.25, 0.3) is 10.9 Å². The minimum Gasteiger partial charge on any atom is -0.396 e. The number of halogens is 3. The molecule has 3 heterocycles. The van der Waals surface area contributed by atoms with Gasteiger partial charge in [0, 0.05) is 29.2 Å². The molecule has 0 bridgehead atoms. The molecule has 1 saturated heterocycles. The largest absolute Gasteiger partial charge is 0.586 e. The summed E-state index contributed by atoms with van der Waals surface area (Å²) in [4.78, 5) is 13.5. The summed E-state index contributed by atoms with van der Waals surface area (Å²) in [5.41, 5.74) is 0.631. The van der Waals surface area contributed by atoms with Gasteiger partial charge < -0.3 is 33.9 Å². The number of hydrogen-bond acceptors (Lipinski definition) is 6. The summed E-state index contributed by atoms with van der Waals surface area (Å²) < 4.78 is 65.4. The molecule has 8 nitrogen and oxygen atoms in total. The second kappa shape index (κ2) is 9.37. The van der Waals surface area contributed by atoms with Gasteiger partial charge in [-0.25, -0.2) is 4.39 Å². The molecule has 1 aromatic heterocycles. The number of aliphatic hydroxyl groups excluding tert-OH is 1. The molecular formula is C30H33F3N2O6. The molecule has 41 heavy (non-hydrogen) atoms. The van der Waals surface area contributed by atoms with Crippen LogP contribution in [0, 0.1) is 5.82 Å². The zero-order chi connectivity index (χ0) is 29.4. The number of benzene rings is 2. The molecule has 3 aliphatic rings. The number of carbonyl (C=O) groups excluding carboxylic acids is 1. The molecule has 1 aliphatic carbocycles. The normalized spacial score (nSPS) is 21.8. The molecule has 2 aromatic carbocycles. The van der Waals surface area contributed by atoms with Crippen molar-refractivity contribution in [2.75, 3.05) is 18.5 Å². The Kier molecular flexibility index (Phi) is 6.37. The first kappa shape index (κ1) is 27.9. The van der Waals surface area contributed by atoms with E-state index in [0.29, 0.717) is 43.5 Å². The summed E-state index contributed by atoms with van der Waals surface area (Å²) in [6.45, 7) is 8.52. The summed E-state index contributed by atoms with van der Waals surface area (Å²) in [5.74, 6) is -2.00. The molecule has 0 radical (unpaired) electrons. The van der Waals surface area contributed by atoms with Crippen LogP contribution < -0.4 is 14.8 Å². The number of alkyl halides is 2. The molecule has 2 aliphatic heterocycles. The molecule has 1 unspecified atom stereocenters. The molecule has 11 heteroatoms. The van der Waals surface area contributed by atoms with Crippen LogP contribution in [0.15, 0.2) is 36.4 Å². The average Bonchev–Trinajstić information content (AvgIpc) is 3.39. The number of hydrogen-bond donors (Lipinski definition) is 2. The Bertz CT molecular complexity index is 1530. The van der Waals surface area contributed by atoms with Crippen molar-refractivity contribution in [3.63, 3.8) is 0 Å². The summed E-state index contributed by atoms with van der Waals surface area (Å²) in [6.07, 6.45) is -2.55. The van der Waals surface area contributed by atoms with Gasteiger partial charge in [-0.15, -0.1) is 8.78 Å². The summed E-state index contributed by atoms with van der Waals surface area (Å²) in [6, 6.07) is 9.24. The van der Waals surface area contributed by atoms with Gasteiger partial charge in [0.25, 0.3) is 0 Å². The SMILES string of the molecule is CC1(C)OCC(Cn2c(C(C)(C)CCO)cc3cc(NC(=O)C4(c5ccc6c(c5)OC(F)(F)O6)CC4)c(F)cc32)O1. The number of fused-ring (bicyclic) bond motifs is 2. The quantitative estimate of drug-likeness (QED) is 0.365. The monoisotopic (exact) mass is 574 g/mol. The zero-order valence-electron chi connectivity index (χ0n) is 23.4. The van der Waals surface area contributed by atoms with E-state index in [2.05, 4.69) is 14.8 Å². The van der Waals surface area contributed by atoms with E-state index in [9.17, 15) is 18.7 Å². The zero-order valence-corrected chi connectivity index (χ0v) is 23.4. The van der Waals surface area contributed by atoms with Crippen molar-refractivity contribution >= 4 is 22.5 Å². The number of anilines is 1. The Labute approximate surface area is 235 Å². The fourth-order valence-electron chi connectivity index (χ4n) is 5.86. The number of ether oxygens (including phenoxy) is 4. The summed E-state index contributed by atoms with van der Waals surface area (Å²) >= 11 is 0. The highest BCUT2D eigenvalue weighted by Gasteiger charge is 2.53. The van der Waals surface area contributed by atoms with E-state index in [1.54, 1.807) is 12.1 Å². The second-order valence-electron chi connectivity index (χ2n) is 12.2. The molecule has 2 fully saturated rings. The average molecular weight is 575 g/mol. The van der Waals surface area contributed by atoms with Crippen LogP contribution in [-0.4, -0.2) is 47.0 Å². The standard InChI is InChI=1S/C30H33F3N2O6/c1-27(2,9-10-36)25-12-17-11-21(20(31)14-22(17)35(25)15-19-16-38-28(3,4)39-19)34-26(37)29(7-8-29)18-5-6-23-24(13-18)41-30(32,33)40-23/h5-6,11-14,19,36H,7-10,15-16H2,1-4H3,(H,34,37). The Morgan fingerprint density at radius 1 is 1.12 bits per heavy atom. The first-order chi connectivity index (χ1) is 19.2. The van der Waals surface area contributed by atoms with Gasteiger partial charge in [-0.05, 0) is 62.9 Å². The van der Waals surface area contributed by atoms with Crippen molar-refractivity contribution in [1.82, 2.24) is 4.57 Å². The predicted molar refractivity (Wildman–Crippen MR) is 144 cm³/mol. The van der Waals surface area contributed by atoms with E-state index >= 15 is 4.39 Å². The van der Waals surface area contributed by atoms with Crippen molar-refractivity contribution in [3.05, 3.63) is 53.5 Å². The number of nitrogens with one attached hydrogen (secondary N) is 1. The molecule has 220 valence electrons. The fraction of sp³-hybridized carbons (Fsp3) is 0.500. The fourth-order valence-corrected chi connectivity index (χ4v) is 5.86. The van der Waals surface area contributed by atoms with Gasteiger partial charge in [-0.3, -0.25) is 4.79 Å². The Balaban J connectivity index is 1.31. The number of nitrogens with zero attached hydrogens (tertiary/aromatic N) is 1. The van der Waals surface area contributed by atoms with Gasteiger partial charge in [0.2, 0.25) is 5.91 Å². The minimum absolute atomic E-state index is 0.0140. The van der Waals surface area contributed by atoms with Crippen molar-refractivity contribution in [2.24, 2.45) is 0 Å². The molecule has 1 saturated carbocycles. The lowest BCUT2D eigenvalue weighted by Crippen LogP contribution is -2.28. The number of amides is 1. The van der Waals surface area contributed by atoms with E-state index in [4.69, 9.17) is 9.47 Å². The molecule has 3 aromatic rings. The van der Waals surface area contributed by atoms with Crippen LogP contribution in [0.3, 0.4) is 0 Å². The Morgan fingerprint density at radius 3 is 2.51 bits per heavy atom. The van der Waals surface area contributed by atoms with Crippen LogP contribution in [0.2, 0.25) is 0 Å². The van der Waals surface area contributed by atoms with Crippen LogP contribution in [0.5, 0.6) is 11.5 Å². The van der Waals surface area contributed by atoms with E-state index < -0.39 is 34.6 Å². The third kappa shape index (κ3) is 5.04. The lowest BCUT2D eigenvalue weighted by Gasteiger charge is -2.27. The first-order valence-electron chi connectivity index (χ1n) is 13.7. The van der Waals surface area contributed by atoms with E-state index in [1.807, 2.05) is 38.3 Å². The molecular weight excluding hydrogens is 541 g/mol. The lowest BCUT2D eigenvalue weighted by atomic mass is 9.85. The van der Waals surface area contributed by atoms with Crippen molar-refractivity contribution in [2.45, 2.75) is 82.5 Å². The van der Waals surface area contributed by atoms with Gasteiger partial charge in [-0.1, -0.05) is 19.9 Å². The van der Waals surface area contributed by atoms with Gasteiger partial charge >= 0.3 is 6.29 Å². The van der Waals surface area contributed by atoms with Gasteiger partial charge in [0.05, 0.1) is 29.8 Å². The van der Waals surface area contributed by atoms with Crippen LogP contribution in [-0.2, 0) is 31.6 Å². The minimum atomic E-state index is -3.76. The predicted octanol–water partition coefficient (Wildman–Crippen LogP) is 5.58. The Hall–Kier alpha value is -3.28. The first-order valence-corrected chi connectivity index (χ1v) is 13.7. The lowest BCUT2D eigenvalue weighted by molar-refractivity contribution is -0.286. The highest BCUT2D eigenvalue weighted by molar-refractivity contribution is 6.03. The van der Waals surface area contributed by atoms with E-state index in [-0.39, 0.29) is 29.9 Å². The maximum absolute atomic E-state index is 15.6. The number of aliphatic hydroxyl groups is 1. The van der Waals surface area contributed by atoms with Crippen molar-refractivity contribution in [3.8, 4) is 11.5 Å². The molecule has 6 rings (SSSR count). The smallest absolute Gasteiger partial charge is 0.396 e. The van der Waals surface area contributed by atoms with Gasteiger partial charge in [0.1, 0.15) is 11.9 Å². The van der Waals surface area contributed by atoms with Crippen LogP contribution in [0.1, 0.15) is 58.2 Å². The van der Waals surface area contributed by atoms with Crippen LogP contribution >= 0.6 is 0 Å². The number of rotatable bonds is 8. The highest BCUT2D eigenvalue weighted by atomic mass is 19.3. The number of aromatic nitrogens is 1. The Morgan fingerprint density at radius 2 is 1.85 bits per heavy atom. The topological polar surface area (TPSA) is 91.2 Å². The summed E-state index contributed by atoms with van der Waals surface area (Å²) in [5, 5.41) is 13.2. The number of carbonyl (C=O) groups is 1.